The lowest BCUT2D eigenvalue weighted by molar-refractivity contribution is -0.393. The second kappa shape index (κ2) is 7.24. The molecule has 1 aromatic carbocycles. The SMILES string of the molecule is CN(CC1CCCCC1)c1c([N+](=O)[O-])cc(C(F)(F)F)cc1[N+](=O)[O-]. The van der Waals surface area contributed by atoms with Crippen LogP contribution < -0.4 is 4.90 Å². The summed E-state index contributed by atoms with van der Waals surface area (Å²) < 4.78 is 38.8. The number of rotatable bonds is 5. The van der Waals surface area contributed by atoms with Crippen molar-refractivity contribution in [2.75, 3.05) is 18.5 Å². The van der Waals surface area contributed by atoms with Gasteiger partial charge in [0.05, 0.1) is 15.4 Å². The molecule has 2 rings (SSSR count). The van der Waals surface area contributed by atoms with Gasteiger partial charge in [-0.2, -0.15) is 13.2 Å². The molecule has 0 aromatic heterocycles. The highest BCUT2D eigenvalue weighted by Gasteiger charge is 2.38. The lowest BCUT2D eigenvalue weighted by atomic mass is 9.89. The molecule has 0 radical (unpaired) electrons. The van der Waals surface area contributed by atoms with Gasteiger partial charge in [-0.25, -0.2) is 0 Å². The van der Waals surface area contributed by atoms with Crippen LogP contribution in [0.1, 0.15) is 37.7 Å². The monoisotopic (exact) mass is 361 g/mol. The minimum Gasteiger partial charge on any atom is -0.363 e. The molecular weight excluding hydrogens is 343 g/mol. The van der Waals surface area contributed by atoms with Crippen LogP contribution in [0, 0.1) is 26.1 Å². The van der Waals surface area contributed by atoms with E-state index in [1.165, 1.54) is 11.9 Å². The summed E-state index contributed by atoms with van der Waals surface area (Å²) in [6.45, 7) is 0.326. The Morgan fingerprint density at radius 2 is 1.56 bits per heavy atom. The van der Waals surface area contributed by atoms with E-state index in [1.807, 2.05) is 0 Å². The molecule has 1 aliphatic carbocycles. The van der Waals surface area contributed by atoms with Gasteiger partial charge in [-0.05, 0) is 18.8 Å². The van der Waals surface area contributed by atoms with Crippen LogP contribution in [-0.2, 0) is 6.18 Å². The fraction of sp³-hybridized carbons (Fsp3) is 0.600. The first kappa shape index (κ1) is 18.9. The molecule has 10 heteroatoms. The van der Waals surface area contributed by atoms with Crippen LogP contribution in [0.3, 0.4) is 0 Å². The van der Waals surface area contributed by atoms with Crippen molar-refractivity contribution >= 4 is 17.1 Å². The van der Waals surface area contributed by atoms with Crippen molar-refractivity contribution in [1.29, 1.82) is 0 Å². The first-order chi connectivity index (χ1) is 11.6. The zero-order valence-corrected chi connectivity index (χ0v) is 13.6. The summed E-state index contributed by atoms with van der Waals surface area (Å²) in [6.07, 6.45) is 0.00132. The van der Waals surface area contributed by atoms with E-state index in [1.54, 1.807) is 0 Å². The molecule has 0 amide bonds. The van der Waals surface area contributed by atoms with Crippen LogP contribution in [0.15, 0.2) is 12.1 Å². The van der Waals surface area contributed by atoms with Crippen LogP contribution in [0.2, 0.25) is 0 Å². The number of anilines is 1. The van der Waals surface area contributed by atoms with E-state index in [9.17, 15) is 33.4 Å². The Kier molecular flexibility index (Phi) is 5.48. The molecule has 1 fully saturated rings. The number of hydrogen-bond acceptors (Lipinski definition) is 5. The highest BCUT2D eigenvalue weighted by Crippen LogP contribution is 2.43. The zero-order chi connectivity index (χ0) is 18.8. The van der Waals surface area contributed by atoms with Crippen LogP contribution in [-0.4, -0.2) is 23.4 Å². The number of alkyl halides is 3. The minimum absolute atomic E-state index is 0.209. The Labute approximate surface area is 141 Å². The molecule has 25 heavy (non-hydrogen) atoms. The van der Waals surface area contributed by atoms with Gasteiger partial charge in [0.2, 0.25) is 0 Å². The number of nitro benzene ring substituents is 2. The van der Waals surface area contributed by atoms with Crippen molar-refractivity contribution < 1.29 is 23.0 Å². The second-order valence-corrected chi connectivity index (χ2v) is 6.26. The lowest BCUT2D eigenvalue weighted by Gasteiger charge is -2.28. The Morgan fingerprint density at radius 3 is 1.96 bits per heavy atom. The Balaban J connectivity index is 2.49. The van der Waals surface area contributed by atoms with Crippen molar-refractivity contribution in [3.05, 3.63) is 37.9 Å². The second-order valence-electron chi connectivity index (χ2n) is 6.26. The van der Waals surface area contributed by atoms with Crippen molar-refractivity contribution in [3.8, 4) is 0 Å². The third kappa shape index (κ3) is 4.37. The first-order valence-corrected chi connectivity index (χ1v) is 7.86. The molecule has 0 saturated heterocycles. The Bertz CT molecular complexity index is 637. The lowest BCUT2D eigenvalue weighted by Crippen LogP contribution is -2.28. The maximum absolute atomic E-state index is 12.9. The van der Waals surface area contributed by atoms with Crippen molar-refractivity contribution in [2.45, 2.75) is 38.3 Å². The predicted molar refractivity (Wildman–Crippen MR) is 84.6 cm³/mol. The smallest absolute Gasteiger partial charge is 0.363 e. The minimum atomic E-state index is -4.91. The fourth-order valence-corrected chi connectivity index (χ4v) is 3.29. The van der Waals surface area contributed by atoms with E-state index in [0.717, 1.165) is 32.1 Å². The van der Waals surface area contributed by atoms with Gasteiger partial charge in [0.25, 0.3) is 11.4 Å². The number of nitro groups is 2. The average Bonchev–Trinajstić information content (AvgIpc) is 2.53. The molecule has 0 heterocycles. The summed E-state index contributed by atoms with van der Waals surface area (Å²) in [6, 6.07) is 0.722. The number of benzene rings is 1. The van der Waals surface area contributed by atoms with Crippen LogP contribution >= 0.6 is 0 Å². The van der Waals surface area contributed by atoms with E-state index in [-0.39, 0.29) is 11.6 Å². The topological polar surface area (TPSA) is 89.5 Å². The van der Waals surface area contributed by atoms with Crippen molar-refractivity contribution in [3.63, 3.8) is 0 Å². The van der Waals surface area contributed by atoms with Gasteiger partial charge in [0, 0.05) is 25.7 Å². The van der Waals surface area contributed by atoms with Gasteiger partial charge in [0.1, 0.15) is 0 Å². The summed E-state index contributed by atoms with van der Waals surface area (Å²) in [5.41, 5.74) is -3.59. The molecule has 0 unspecified atom stereocenters. The summed E-state index contributed by atoms with van der Waals surface area (Å²) in [7, 11) is 1.44. The fourth-order valence-electron chi connectivity index (χ4n) is 3.29. The van der Waals surface area contributed by atoms with Crippen LogP contribution in [0.5, 0.6) is 0 Å². The van der Waals surface area contributed by atoms with Crippen LogP contribution in [0.25, 0.3) is 0 Å². The molecule has 0 N–H and O–H groups in total. The van der Waals surface area contributed by atoms with Crippen molar-refractivity contribution in [1.82, 2.24) is 0 Å². The van der Waals surface area contributed by atoms with Gasteiger partial charge in [-0.1, -0.05) is 19.3 Å². The van der Waals surface area contributed by atoms with E-state index < -0.39 is 33.0 Å². The molecule has 1 aliphatic rings. The molecule has 7 nitrogen and oxygen atoms in total. The first-order valence-electron chi connectivity index (χ1n) is 7.86. The van der Waals surface area contributed by atoms with Crippen LogP contribution in [0.4, 0.5) is 30.2 Å². The van der Waals surface area contributed by atoms with Crippen molar-refractivity contribution in [2.24, 2.45) is 5.92 Å². The summed E-state index contributed by atoms with van der Waals surface area (Å²) in [5.74, 6) is 0.209. The normalized spacial score (nSPS) is 15.8. The van der Waals surface area contributed by atoms with Gasteiger partial charge < -0.3 is 4.90 Å². The number of nitrogens with zero attached hydrogens (tertiary/aromatic N) is 3. The van der Waals surface area contributed by atoms with Gasteiger partial charge >= 0.3 is 6.18 Å². The molecule has 0 bridgehead atoms. The van der Waals surface area contributed by atoms with E-state index in [2.05, 4.69) is 0 Å². The molecule has 0 atom stereocenters. The molecule has 0 spiro atoms. The standard InChI is InChI=1S/C15H18F3N3O4/c1-19(9-10-5-3-2-4-6-10)14-12(20(22)23)7-11(15(16,17)18)8-13(14)21(24)25/h7-8,10H,2-6,9H2,1H3. The third-order valence-electron chi connectivity index (χ3n) is 4.43. The van der Waals surface area contributed by atoms with E-state index >= 15 is 0 Å². The van der Waals surface area contributed by atoms with Gasteiger partial charge in [0.15, 0.2) is 5.69 Å². The molecular formula is C15H18F3N3O4. The molecule has 1 saturated carbocycles. The number of hydrogen-bond donors (Lipinski definition) is 0. The largest absolute Gasteiger partial charge is 0.416 e. The predicted octanol–water partition coefficient (Wildman–Crippen LogP) is 4.54. The summed E-state index contributed by atoms with van der Waals surface area (Å²) in [5, 5.41) is 22.5. The van der Waals surface area contributed by atoms with E-state index in [4.69, 9.17) is 0 Å². The summed E-state index contributed by atoms with van der Waals surface area (Å²) >= 11 is 0. The molecule has 1 aromatic rings. The maximum atomic E-state index is 12.9. The molecule has 138 valence electrons. The average molecular weight is 361 g/mol. The summed E-state index contributed by atoms with van der Waals surface area (Å²) in [4.78, 5) is 21.9. The third-order valence-corrected chi connectivity index (χ3v) is 4.43. The van der Waals surface area contributed by atoms with Gasteiger partial charge in [-0.15, -0.1) is 0 Å². The Morgan fingerprint density at radius 1 is 1.08 bits per heavy atom. The van der Waals surface area contributed by atoms with Gasteiger partial charge in [-0.3, -0.25) is 20.2 Å². The van der Waals surface area contributed by atoms with E-state index in [0.29, 0.717) is 18.7 Å². The Hall–Kier alpha value is -2.39. The molecule has 0 aliphatic heterocycles. The maximum Gasteiger partial charge on any atom is 0.416 e. The number of halogens is 3. The highest BCUT2D eigenvalue weighted by molar-refractivity contribution is 5.76. The zero-order valence-electron chi connectivity index (χ0n) is 13.6. The highest BCUT2D eigenvalue weighted by atomic mass is 19.4. The quantitative estimate of drug-likeness (QED) is 0.567.